The Labute approximate surface area is 121 Å². The highest BCUT2D eigenvalue weighted by Gasteiger charge is 2.28. The summed E-state index contributed by atoms with van der Waals surface area (Å²) >= 11 is 0. The van der Waals surface area contributed by atoms with Crippen LogP contribution in [0, 0.1) is 5.92 Å². The van der Waals surface area contributed by atoms with Crippen LogP contribution in [0.25, 0.3) is 0 Å². The molecule has 0 saturated carbocycles. The van der Waals surface area contributed by atoms with Crippen LogP contribution in [0.15, 0.2) is 0 Å². The summed E-state index contributed by atoms with van der Waals surface area (Å²) in [6.07, 6.45) is 6.27. The van der Waals surface area contributed by atoms with Crippen molar-refractivity contribution in [2.24, 2.45) is 11.7 Å². The molecule has 2 aliphatic heterocycles. The molecular weight excluding hydrogens is 254 g/mol. The molecule has 2 aliphatic rings. The summed E-state index contributed by atoms with van der Waals surface area (Å²) in [5.74, 6) is -0.0510. The number of primary amides is 1. The van der Waals surface area contributed by atoms with Crippen molar-refractivity contribution < 1.29 is 9.59 Å². The van der Waals surface area contributed by atoms with Crippen LogP contribution >= 0.6 is 0 Å². The van der Waals surface area contributed by atoms with E-state index >= 15 is 0 Å². The van der Waals surface area contributed by atoms with Gasteiger partial charge in [-0.1, -0.05) is 13.3 Å². The van der Waals surface area contributed by atoms with Gasteiger partial charge in [-0.25, -0.2) is 0 Å². The predicted molar refractivity (Wildman–Crippen MR) is 78.0 cm³/mol. The normalized spacial score (nSPS) is 25.6. The second-order valence-electron chi connectivity index (χ2n) is 6.09. The first-order chi connectivity index (χ1) is 9.61. The number of hydrogen-bond acceptors (Lipinski definition) is 3. The number of hydrogen-bond donors (Lipinski definition) is 1. The molecule has 0 aromatic carbocycles. The van der Waals surface area contributed by atoms with Gasteiger partial charge in [0.2, 0.25) is 11.8 Å². The average molecular weight is 281 g/mol. The molecule has 2 amide bonds. The van der Waals surface area contributed by atoms with E-state index in [-0.39, 0.29) is 17.7 Å². The lowest BCUT2D eigenvalue weighted by atomic mass is 9.96. The monoisotopic (exact) mass is 281 g/mol. The number of piperidine rings is 2. The molecule has 0 aromatic heterocycles. The first kappa shape index (κ1) is 15.3. The van der Waals surface area contributed by atoms with E-state index < -0.39 is 0 Å². The molecule has 0 radical (unpaired) electrons. The Bertz CT molecular complexity index is 351. The number of carbonyl (C=O) groups excluding carboxylic acids is 2. The Balaban J connectivity index is 1.81. The second kappa shape index (κ2) is 7.07. The summed E-state index contributed by atoms with van der Waals surface area (Å²) in [7, 11) is 0. The minimum atomic E-state index is -0.223. The van der Waals surface area contributed by atoms with Gasteiger partial charge in [-0.15, -0.1) is 0 Å². The van der Waals surface area contributed by atoms with E-state index in [0.29, 0.717) is 25.7 Å². The number of nitrogens with two attached hydrogens (primary N) is 1. The third kappa shape index (κ3) is 3.72. The molecule has 2 fully saturated rings. The molecule has 20 heavy (non-hydrogen) atoms. The highest BCUT2D eigenvalue weighted by molar-refractivity contribution is 5.80. The minimum Gasteiger partial charge on any atom is -0.369 e. The number of nitrogens with zero attached hydrogens (tertiary/aromatic N) is 2. The van der Waals surface area contributed by atoms with Crippen molar-refractivity contribution in [3.05, 3.63) is 0 Å². The maximum Gasteiger partial charge on any atom is 0.236 e. The van der Waals surface area contributed by atoms with E-state index in [1.807, 2.05) is 4.90 Å². The van der Waals surface area contributed by atoms with E-state index in [1.54, 1.807) is 0 Å². The molecular formula is C15H27N3O2. The Morgan fingerprint density at radius 2 is 1.80 bits per heavy atom. The molecule has 0 aromatic rings. The zero-order valence-electron chi connectivity index (χ0n) is 12.5. The van der Waals surface area contributed by atoms with Gasteiger partial charge in [0.15, 0.2) is 0 Å². The maximum atomic E-state index is 12.4. The molecule has 5 nitrogen and oxygen atoms in total. The van der Waals surface area contributed by atoms with Crippen LogP contribution < -0.4 is 5.73 Å². The largest absolute Gasteiger partial charge is 0.369 e. The molecule has 2 N–H and O–H groups in total. The van der Waals surface area contributed by atoms with Gasteiger partial charge >= 0.3 is 0 Å². The van der Waals surface area contributed by atoms with Crippen molar-refractivity contribution in [1.29, 1.82) is 0 Å². The molecule has 2 heterocycles. The maximum absolute atomic E-state index is 12.4. The Morgan fingerprint density at radius 1 is 1.10 bits per heavy atom. The fourth-order valence-electron chi connectivity index (χ4n) is 3.42. The van der Waals surface area contributed by atoms with Crippen molar-refractivity contribution in [3.63, 3.8) is 0 Å². The summed E-state index contributed by atoms with van der Waals surface area (Å²) in [5, 5.41) is 0. The molecule has 0 bridgehead atoms. The van der Waals surface area contributed by atoms with Gasteiger partial charge in [-0.3, -0.25) is 14.5 Å². The summed E-state index contributed by atoms with van der Waals surface area (Å²) in [5.41, 5.74) is 5.32. The van der Waals surface area contributed by atoms with Gasteiger partial charge in [0, 0.05) is 25.0 Å². The van der Waals surface area contributed by atoms with Crippen LogP contribution in [0.4, 0.5) is 0 Å². The van der Waals surface area contributed by atoms with Crippen molar-refractivity contribution in [3.8, 4) is 0 Å². The van der Waals surface area contributed by atoms with Gasteiger partial charge in [0.05, 0.1) is 6.54 Å². The molecule has 5 heteroatoms. The Morgan fingerprint density at radius 3 is 2.40 bits per heavy atom. The van der Waals surface area contributed by atoms with Crippen molar-refractivity contribution >= 4 is 11.8 Å². The molecule has 1 atom stereocenters. The topological polar surface area (TPSA) is 66.6 Å². The van der Waals surface area contributed by atoms with E-state index in [0.717, 1.165) is 25.8 Å². The van der Waals surface area contributed by atoms with Crippen LogP contribution in [-0.2, 0) is 9.59 Å². The quantitative estimate of drug-likeness (QED) is 0.835. The van der Waals surface area contributed by atoms with Crippen LogP contribution in [-0.4, -0.2) is 53.8 Å². The minimum absolute atomic E-state index is 0.0440. The third-order valence-electron chi connectivity index (χ3n) is 4.81. The number of likely N-dealkylation sites (tertiary alicyclic amines) is 2. The fraction of sp³-hybridized carbons (Fsp3) is 0.867. The van der Waals surface area contributed by atoms with E-state index in [2.05, 4.69) is 11.8 Å². The van der Waals surface area contributed by atoms with Crippen LogP contribution in [0.5, 0.6) is 0 Å². The molecule has 0 aliphatic carbocycles. The fourth-order valence-corrected chi connectivity index (χ4v) is 3.42. The zero-order chi connectivity index (χ0) is 14.5. The lowest BCUT2D eigenvalue weighted by Crippen LogP contribution is -2.49. The molecule has 0 spiro atoms. The predicted octanol–water partition coefficient (Wildman–Crippen LogP) is 0.975. The number of carbonyl (C=O) groups is 2. The number of rotatable bonds is 4. The van der Waals surface area contributed by atoms with E-state index in [1.165, 1.54) is 19.3 Å². The highest BCUT2D eigenvalue weighted by Crippen LogP contribution is 2.21. The molecule has 0 unspecified atom stereocenters. The summed E-state index contributed by atoms with van der Waals surface area (Å²) in [4.78, 5) is 27.8. The molecule has 2 saturated heterocycles. The summed E-state index contributed by atoms with van der Waals surface area (Å²) in [6.45, 7) is 5.14. The van der Waals surface area contributed by atoms with Crippen LogP contribution in [0.1, 0.15) is 45.4 Å². The second-order valence-corrected chi connectivity index (χ2v) is 6.09. The lowest BCUT2D eigenvalue weighted by Gasteiger charge is -2.37. The van der Waals surface area contributed by atoms with Gasteiger partial charge in [0.1, 0.15) is 0 Å². The first-order valence-electron chi connectivity index (χ1n) is 7.93. The summed E-state index contributed by atoms with van der Waals surface area (Å²) < 4.78 is 0. The smallest absolute Gasteiger partial charge is 0.236 e. The van der Waals surface area contributed by atoms with Gasteiger partial charge in [0.25, 0.3) is 0 Å². The zero-order valence-corrected chi connectivity index (χ0v) is 12.5. The van der Waals surface area contributed by atoms with Crippen molar-refractivity contribution in [1.82, 2.24) is 9.80 Å². The standard InChI is InChI=1S/C15H27N3O2/c1-2-13-5-3-4-8-18(13)11-14(19)17-9-6-12(7-10-17)15(16)20/h12-13H,2-11H2,1H3,(H2,16,20)/t13-/m1/s1. The first-order valence-corrected chi connectivity index (χ1v) is 7.93. The molecule has 114 valence electrons. The third-order valence-corrected chi connectivity index (χ3v) is 4.81. The van der Waals surface area contributed by atoms with Crippen LogP contribution in [0.3, 0.4) is 0 Å². The average Bonchev–Trinajstić information content (AvgIpc) is 2.48. The lowest BCUT2D eigenvalue weighted by molar-refractivity contribution is -0.136. The highest BCUT2D eigenvalue weighted by atomic mass is 16.2. The van der Waals surface area contributed by atoms with Gasteiger partial charge < -0.3 is 10.6 Å². The Hall–Kier alpha value is -1.10. The van der Waals surface area contributed by atoms with E-state index in [4.69, 9.17) is 5.73 Å². The van der Waals surface area contributed by atoms with E-state index in [9.17, 15) is 9.59 Å². The molecule has 2 rings (SSSR count). The SMILES string of the molecule is CC[C@@H]1CCCCN1CC(=O)N1CCC(C(N)=O)CC1. The number of amides is 2. The van der Waals surface area contributed by atoms with Crippen LogP contribution in [0.2, 0.25) is 0 Å². The Kier molecular flexibility index (Phi) is 5.40. The van der Waals surface area contributed by atoms with Crippen molar-refractivity contribution in [2.75, 3.05) is 26.2 Å². The summed E-state index contributed by atoms with van der Waals surface area (Å²) in [6, 6.07) is 0.566. The van der Waals surface area contributed by atoms with Gasteiger partial charge in [-0.2, -0.15) is 0 Å². The van der Waals surface area contributed by atoms with Gasteiger partial charge in [-0.05, 0) is 38.6 Å². The van der Waals surface area contributed by atoms with Crippen molar-refractivity contribution in [2.45, 2.75) is 51.5 Å².